The van der Waals surface area contributed by atoms with Gasteiger partial charge in [0.1, 0.15) is 0 Å². The second kappa shape index (κ2) is 7.97. The van der Waals surface area contributed by atoms with Crippen LogP contribution < -0.4 is 0 Å². The lowest BCUT2D eigenvalue weighted by Gasteiger charge is -2.35. The Morgan fingerprint density at radius 1 is 1.24 bits per heavy atom. The van der Waals surface area contributed by atoms with Crippen molar-refractivity contribution in [1.29, 1.82) is 0 Å². The smallest absolute Gasteiger partial charge is 0.222 e. The minimum absolute atomic E-state index is 0.161. The van der Waals surface area contributed by atoms with E-state index < -0.39 is 0 Å². The predicted molar refractivity (Wildman–Crippen MR) is 73.4 cm³/mol. The van der Waals surface area contributed by atoms with Gasteiger partial charge in [-0.05, 0) is 19.3 Å². The fourth-order valence-electron chi connectivity index (χ4n) is 2.57. The van der Waals surface area contributed by atoms with Gasteiger partial charge < -0.3 is 4.90 Å². The summed E-state index contributed by atoms with van der Waals surface area (Å²) in [5, 5.41) is 0.161. The van der Waals surface area contributed by atoms with Crippen LogP contribution in [0.3, 0.4) is 0 Å². The van der Waals surface area contributed by atoms with Crippen molar-refractivity contribution in [2.75, 3.05) is 7.05 Å². The average Bonchev–Trinajstić information content (AvgIpc) is 2.34. The van der Waals surface area contributed by atoms with Crippen LogP contribution in [0.5, 0.6) is 0 Å². The molecule has 1 rings (SSSR count). The van der Waals surface area contributed by atoms with Gasteiger partial charge in [0.2, 0.25) is 5.91 Å². The van der Waals surface area contributed by atoms with Crippen molar-refractivity contribution < 1.29 is 4.79 Å². The Labute approximate surface area is 111 Å². The van der Waals surface area contributed by atoms with Gasteiger partial charge in [0.05, 0.1) is 5.38 Å². The van der Waals surface area contributed by atoms with Crippen LogP contribution in [-0.4, -0.2) is 29.3 Å². The van der Waals surface area contributed by atoms with Gasteiger partial charge in [-0.15, -0.1) is 11.6 Å². The highest BCUT2D eigenvalue weighted by Gasteiger charge is 2.28. The first kappa shape index (κ1) is 14.8. The first-order valence-corrected chi connectivity index (χ1v) is 7.50. The molecule has 0 spiro atoms. The third-order valence-electron chi connectivity index (χ3n) is 3.78. The normalized spacial score (nSPS) is 24.6. The van der Waals surface area contributed by atoms with Crippen molar-refractivity contribution in [3.8, 4) is 0 Å². The Morgan fingerprint density at radius 3 is 2.59 bits per heavy atom. The second-order valence-corrected chi connectivity index (χ2v) is 5.74. The molecular weight excluding hydrogens is 234 g/mol. The average molecular weight is 260 g/mol. The van der Waals surface area contributed by atoms with Gasteiger partial charge in [-0.25, -0.2) is 0 Å². The SMILES string of the molecule is CCCCCCC(=O)N(C)C1CCCCC1Cl. The van der Waals surface area contributed by atoms with Crippen LogP contribution in [0.15, 0.2) is 0 Å². The number of alkyl halides is 1. The molecule has 1 aliphatic rings. The number of carbonyl (C=O) groups excluding carboxylic acids is 1. The maximum Gasteiger partial charge on any atom is 0.222 e. The molecule has 0 radical (unpaired) electrons. The van der Waals surface area contributed by atoms with E-state index in [1.165, 1.54) is 32.1 Å². The first-order valence-electron chi connectivity index (χ1n) is 7.06. The highest BCUT2D eigenvalue weighted by atomic mass is 35.5. The maximum atomic E-state index is 12.0. The monoisotopic (exact) mass is 259 g/mol. The molecule has 2 unspecified atom stereocenters. The molecule has 1 aliphatic carbocycles. The summed E-state index contributed by atoms with van der Waals surface area (Å²) in [6, 6.07) is 0.268. The van der Waals surface area contributed by atoms with E-state index >= 15 is 0 Å². The van der Waals surface area contributed by atoms with E-state index in [1.807, 2.05) is 11.9 Å². The zero-order valence-electron chi connectivity index (χ0n) is 11.3. The molecule has 0 aliphatic heterocycles. The molecule has 17 heavy (non-hydrogen) atoms. The lowest BCUT2D eigenvalue weighted by atomic mass is 9.93. The number of carbonyl (C=O) groups is 1. The zero-order valence-corrected chi connectivity index (χ0v) is 12.0. The van der Waals surface area contributed by atoms with E-state index in [4.69, 9.17) is 11.6 Å². The van der Waals surface area contributed by atoms with Crippen LogP contribution in [0.25, 0.3) is 0 Å². The third-order valence-corrected chi connectivity index (χ3v) is 4.29. The van der Waals surface area contributed by atoms with E-state index in [2.05, 4.69) is 6.92 Å². The molecule has 0 heterocycles. The lowest BCUT2D eigenvalue weighted by molar-refractivity contribution is -0.132. The summed E-state index contributed by atoms with van der Waals surface area (Å²) in [6.45, 7) is 2.19. The molecule has 0 aromatic heterocycles. The van der Waals surface area contributed by atoms with Gasteiger partial charge in [0, 0.05) is 19.5 Å². The molecule has 0 N–H and O–H groups in total. The number of hydrogen-bond donors (Lipinski definition) is 0. The van der Waals surface area contributed by atoms with E-state index in [0.29, 0.717) is 6.42 Å². The molecule has 1 saturated carbocycles. The molecule has 2 nitrogen and oxygen atoms in total. The van der Waals surface area contributed by atoms with E-state index in [1.54, 1.807) is 0 Å². The summed E-state index contributed by atoms with van der Waals surface area (Å²) >= 11 is 6.31. The highest BCUT2D eigenvalue weighted by molar-refractivity contribution is 6.21. The molecule has 0 saturated heterocycles. The van der Waals surface area contributed by atoms with Gasteiger partial charge in [-0.1, -0.05) is 39.0 Å². The number of hydrogen-bond acceptors (Lipinski definition) is 1. The predicted octanol–water partition coefficient (Wildman–Crippen LogP) is 3.97. The van der Waals surface area contributed by atoms with Gasteiger partial charge in [0.15, 0.2) is 0 Å². The molecule has 0 aromatic carbocycles. The van der Waals surface area contributed by atoms with Crippen LogP contribution >= 0.6 is 11.6 Å². The van der Waals surface area contributed by atoms with Gasteiger partial charge in [-0.3, -0.25) is 4.79 Å². The van der Waals surface area contributed by atoms with Crippen LogP contribution in [0, 0.1) is 0 Å². The minimum Gasteiger partial charge on any atom is -0.341 e. The van der Waals surface area contributed by atoms with Crippen molar-refractivity contribution in [2.45, 2.75) is 76.1 Å². The number of nitrogens with zero attached hydrogens (tertiary/aromatic N) is 1. The second-order valence-electron chi connectivity index (χ2n) is 5.18. The summed E-state index contributed by atoms with van der Waals surface area (Å²) in [5.41, 5.74) is 0. The molecular formula is C14H26ClNO. The van der Waals surface area contributed by atoms with Gasteiger partial charge in [-0.2, -0.15) is 0 Å². The standard InChI is InChI=1S/C14H26ClNO/c1-3-4-5-6-11-14(17)16(2)13-10-8-7-9-12(13)15/h12-13H,3-11H2,1-2H3. The lowest BCUT2D eigenvalue weighted by Crippen LogP contribution is -2.44. The minimum atomic E-state index is 0.161. The number of unbranched alkanes of at least 4 members (excludes halogenated alkanes) is 3. The summed E-state index contributed by atoms with van der Waals surface area (Å²) in [4.78, 5) is 13.9. The van der Waals surface area contributed by atoms with Crippen molar-refractivity contribution in [3.63, 3.8) is 0 Å². The topological polar surface area (TPSA) is 20.3 Å². The van der Waals surface area contributed by atoms with Crippen molar-refractivity contribution in [1.82, 2.24) is 4.90 Å². The summed E-state index contributed by atoms with van der Waals surface area (Å²) in [7, 11) is 1.92. The van der Waals surface area contributed by atoms with Crippen LogP contribution in [0.2, 0.25) is 0 Å². The van der Waals surface area contributed by atoms with E-state index in [0.717, 1.165) is 19.3 Å². The quantitative estimate of drug-likeness (QED) is 0.522. The first-order chi connectivity index (χ1) is 8.16. The Hall–Kier alpha value is -0.240. The molecule has 0 aromatic rings. The largest absolute Gasteiger partial charge is 0.341 e. The Balaban J connectivity index is 2.29. The van der Waals surface area contributed by atoms with Crippen LogP contribution in [0.1, 0.15) is 64.7 Å². The summed E-state index contributed by atoms with van der Waals surface area (Å²) in [5.74, 6) is 0.277. The zero-order chi connectivity index (χ0) is 12.7. The highest BCUT2D eigenvalue weighted by Crippen LogP contribution is 2.27. The maximum absolute atomic E-state index is 12.0. The Bertz CT molecular complexity index is 232. The fraction of sp³-hybridized carbons (Fsp3) is 0.929. The van der Waals surface area contributed by atoms with Crippen molar-refractivity contribution >= 4 is 17.5 Å². The molecule has 3 heteroatoms. The van der Waals surface area contributed by atoms with Gasteiger partial charge >= 0.3 is 0 Å². The third kappa shape index (κ3) is 4.87. The molecule has 100 valence electrons. The molecule has 1 amide bonds. The van der Waals surface area contributed by atoms with E-state index in [9.17, 15) is 4.79 Å². The van der Waals surface area contributed by atoms with E-state index in [-0.39, 0.29) is 17.3 Å². The van der Waals surface area contributed by atoms with Crippen LogP contribution in [0.4, 0.5) is 0 Å². The molecule has 1 fully saturated rings. The Morgan fingerprint density at radius 2 is 1.94 bits per heavy atom. The number of amides is 1. The van der Waals surface area contributed by atoms with Crippen molar-refractivity contribution in [2.24, 2.45) is 0 Å². The fourth-order valence-corrected chi connectivity index (χ4v) is 3.02. The number of rotatable bonds is 6. The van der Waals surface area contributed by atoms with Crippen LogP contribution in [-0.2, 0) is 4.79 Å². The summed E-state index contributed by atoms with van der Waals surface area (Å²) < 4.78 is 0. The molecule has 0 bridgehead atoms. The Kier molecular flexibility index (Phi) is 6.94. The summed E-state index contributed by atoms with van der Waals surface area (Å²) in [6.07, 6.45) is 9.89. The van der Waals surface area contributed by atoms with Gasteiger partial charge in [0.25, 0.3) is 0 Å². The number of halogens is 1. The van der Waals surface area contributed by atoms with Crippen molar-refractivity contribution in [3.05, 3.63) is 0 Å². The molecule has 2 atom stereocenters.